The lowest BCUT2D eigenvalue weighted by Gasteiger charge is -2.35. The van der Waals surface area contributed by atoms with Gasteiger partial charge in [-0.1, -0.05) is 15.9 Å². The van der Waals surface area contributed by atoms with Gasteiger partial charge in [-0.15, -0.1) is 0 Å². The number of rotatable bonds is 3. The van der Waals surface area contributed by atoms with Crippen molar-refractivity contribution in [3.05, 3.63) is 33.3 Å². The van der Waals surface area contributed by atoms with E-state index in [1.54, 1.807) is 0 Å². The Morgan fingerprint density at radius 1 is 1.14 bits per heavy atom. The molecule has 4 heteroatoms. The summed E-state index contributed by atoms with van der Waals surface area (Å²) in [5, 5.41) is 0. The third-order valence-electron chi connectivity index (χ3n) is 4.58. The molecule has 1 heterocycles. The van der Waals surface area contributed by atoms with Crippen molar-refractivity contribution < 1.29 is 4.79 Å². The Hall–Kier alpha value is -0.870. The minimum absolute atomic E-state index is 0.198. The molecule has 0 spiro atoms. The number of nitrogens with zero attached hydrogens (tertiary/aromatic N) is 2. The molecular formula is C17H23BrN2O. The predicted octanol–water partition coefficient (Wildman–Crippen LogP) is 3.23. The van der Waals surface area contributed by atoms with Gasteiger partial charge in [0.25, 0.3) is 5.91 Å². The SMILES string of the molecule is Cc1cc(Br)cc(C)c1C(=O)N1CCN(CC2CC2)CC1. The molecule has 114 valence electrons. The van der Waals surface area contributed by atoms with Crippen LogP contribution in [0.5, 0.6) is 0 Å². The van der Waals surface area contributed by atoms with Crippen molar-refractivity contribution >= 4 is 21.8 Å². The summed E-state index contributed by atoms with van der Waals surface area (Å²) in [6.45, 7) is 9.05. The van der Waals surface area contributed by atoms with Crippen molar-refractivity contribution in [1.82, 2.24) is 9.80 Å². The first-order valence-electron chi connectivity index (χ1n) is 7.83. The highest BCUT2D eigenvalue weighted by atomic mass is 79.9. The van der Waals surface area contributed by atoms with Crippen molar-refractivity contribution in [2.75, 3.05) is 32.7 Å². The fourth-order valence-electron chi connectivity index (χ4n) is 3.21. The molecule has 1 aliphatic carbocycles. The number of halogens is 1. The van der Waals surface area contributed by atoms with Crippen molar-refractivity contribution in [1.29, 1.82) is 0 Å². The van der Waals surface area contributed by atoms with E-state index in [4.69, 9.17) is 0 Å². The highest BCUT2D eigenvalue weighted by Crippen LogP contribution is 2.30. The first kappa shape index (κ1) is 15.0. The Balaban J connectivity index is 1.66. The molecule has 2 fully saturated rings. The predicted molar refractivity (Wildman–Crippen MR) is 88.7 cm³/mol. The van der Waals surface area contributed by atoms with E-state index >= 15 is 0 Å². The minimum Gasteiger partial charge on any atom is -0.336 e. The van der Waals surface area contributed by atoms with Crippen LogP contribution in [-0.2, 0) is 0 Å². The molecule has 0 atom stereocenters. The summed E-state index contributed by atoms with van der Waals surface area (Å²) in [6, 6.07) is 4.06. The van der Waals surface area contributed by atoms with E-state index in [0.29, 0.717) is 0 Å². The van der Waals surface area contributed by atoms with E-state index in [-0.39, 0.29) is 5.91 Å². The third-order valence-corrected chi connectivity index (χ3v) is 5.04. The first-order chi connectivity index (χ1) is 10.0. The van der Waals surface area contributed by atoms with Gasteiger partial charge in [0.2, 0.25) is 0 Å². The second kappa shape index (κ2) is 6.09. The molecule has 3 rings (SSSR count). The lowest BCUT2D eigenvalue weighted by Crippen LogP contribution is -2.49. The van der Waals surface area contributed by atoms with Crippen molar-refractivity contribution in [2.45, 2.75) is 26.7 Å². The van der Waals surface area contributed by atoms with Gasteiger partial charge in [-0.2, -0.15) is 0 Å². The van der Waals surface area contributed by atoms with Gasteiger partial charge < -0.3 is 4.90 Å². The summed E-state index contributed by atoms with van der Waals surface area (Å²) in [5.41, 5.74) is 3.01. The molecule has 2 aliphatic rings. The summed E-state index contributed by atoms with van der Waals surface area (Å²) in [7, 11) is 0. The second-order valence-electron chi connectivity index (χ2n) is 6.45. The maximum atomic E-state index is 12.8. The molecule has 21 heavy (non-hydrogen) atoms. The molecule has 3 nitrogen and oxygen atoms in total. The maximum absolute atomic E-state index is 12.8. The Morgan fingerprint density at radius 3 is 2.24 bits per heavy atom. The summed E-state index contributed by atoms with van der Waals surface area (Å²) in [6.07, 6.45) is 2.80. The molecule has 1 saturated carbocycles. The van der Waals surface area contributed by atoms with E-state index in [0.717, 1.165) is 53.3 Å². The number of aryl methyl sites for hydroxylation is 2. The summed E-state index contributed by atoms with van der Waals surface area (Å²) >= 11 is 3.50. The number of carbonyl (C=O) groups excluding carboxylic acids is 1. The van der Waals surface area contributed by atoms with Crippen LogP contribution in [0.15, 0.2) is 16.6 Å². The number of benzene rings is 1. The van der Waals surface area contributed by atoms with Gasteiger partial charge in [-0.05, 0) is 55.9 Å². The maximum Gasteiger partial charge on any atom is 0.254 e. The molecule has 1 amide bonds. The smallest absolute Gasteiger partial charge is 0.254 e. The molecule has 0 bridgehead atoms. The number of carbonyl (C=O) groups is 1. The fraction of sp³-hybridized carbons (Fsp3) is 0.588. The highest BCUT2D eigenvalue weighted by molar-refractivity contribution is 9.10. The number of amides is 1. The van der Waals surface area contributed by atoms with Crippen LogP contribution in [0.3, 0.4) is 0 Å². The van der Waals surface area contributed by atoms with Gasteiger partial charge in [-0.25, -0.2) is 0 Å². The topological polar surface area (TPSA) is 23.6 Å². The van der Waals surface area contributed by atoms with Crippen LogP contribution in [-0.4, -0.2) is 48.4 Å². The molecular weight excluding hydrogens is 328 g/mol. The number of hydrogen-bond acceptors (Lipinski definition) is 2. The molecule has 1 aliphatic heterocycles. The molecule has 1 saturated heterocycles. The Kier molecular flexibility index (Phi) is 4.36. The van der Waals surface area contributed by atoms with Gasteiger partial charge in [0.1, 0.15) is 0 Å². The molecule has 0 N–H and O–H groups in total. The normalized spacial score (nSPS) is 19.9. The molecule has 0 aromatic heterocycles. The summed E-state index contributed by atoms with van der Waals surface area (Å²) in [4.78, 5) is 17.3. The Morgan fingerprint density at radius 2 is 1.71 bits per heavy atom. The van der Waals surface area contributed by atoms with Crippen molar-refractivity contribution in [2.24, 2.45) is 5.92 Å². The number of hydrogen-bond donors (Lipinski definition) is 0. The molecule has 1 aromatic carbocycles. The van der Waals surface area contributed by atoms with E-state index in [2.05, 4.69) is 20.8 Å². The van der Waals surface area contributed by atoms with Crippen LogP contribution in [0, 0.1) is 19.8 Å². The summed E-state index contributed by atoms with van der Waals surface area (Å²) in [5.74, 6) is 1.13. The van der Waals surface area contributed by atoms with Crippen LogP contribution in [0.4, 0.5) is 0 Å². The Bertz CT molecular complexity index is 523. The van der Waals surface area contributed by atoms with Gasteiger partial charge in [0.15, 0.2) is 0 Å². The molecule has 1 aromatic rings. The van der Waals surface area contributed by atoms with Crippen LogP contribution >= 0.6 is 15.9 Å². The molecule has 0 radical (unpaired) electrons. The van der Waals surface area contributed by atoms with E-state index in [9.17, 15) is 4.79 Å². The lowest BCUT2D eigenvalue weighted by molar-refractivity contribution is 0.0630. The third kappa shape index (κ3) is 3.49. The summed E-state index contributed by atoms with van der Waals surface area (Å²) < 4.78 is 1.04. The van der Waals surface area contributed by atoms with Crippen LogP contribution < -0.4 is 0 Å². The highest BCUT2D eigenvalue weighted by Gasteiger charge is 2.28. The van der Waals surface area contributed by atoms with Crippen LogP contribution in [0.25, 0.3) is 0 Å². The van der Waals surface area contributed by atoms with E-state index in [1.165, 1.54) is 19.4 Å². The first-order valence-corrected chi connectivity index (χ1v) is 8.62. The number of piperazine rings is 1. The monoisotopic (exact) mass is 350 g/mol. The van der Waals surface area contributed by atoms with Gasteiger partial charge in [0, 0.05) is 42.8 Å². The zero-order chi connectivity index (χ0) is 15.0. The lowest BCUT2D eigenvalue weighted by atomic mass is 10.0. The zero-order valence-corrected chi connectivity index (χ0v) is 14.4. The van der Waals surface area contributed by atoms with E-state index in [1.807, 2.05) is 30.9 Å². The zero-order valence-electron chi connectivity index (χ0n) is 12.9. The average molecular weight is 351 g/mol. The van der Waals surface area contributed by atoms with Gasteiger partial charge >= 0.3 is 0 Å². The quantitative estimate of drug-likeness (QED) is 0.835. The van der Waals surface area contributed by atoms with Gasteiger partial charge in [-0.3, -0.25) is 9.69 Å². The van der Waals surface area contributed by atoms with Crippen LogP contribution in [0.2, 0.25) is 0 Å². The van der Waals surface area contributed by atoms with Gasteiger partial charge in [0.05, 0.1) is 0 Å². The fourth-order valence-corrected chi connectivity index (χ4v) is 3.89. The average Bonchev–Trinajstić information content (AvgIpc) is 3.22. The minimum atomic E-state index is 0.198. The van der Waals surface area contributed by atoms with Crippen molar-refractivity contribution in [3.63, 3.8) is 0 Å². The largest absolute Gasteiger partial charge is 0.336 e. The van der Waals surface area contributed by atoms with E-state index < -0.39 is 0 Å². The molecule has 0 unspecified atom stereocenters. The Labute approximate surface area is 135 Å². The van der Waals surface area contributed by atoms with Crippen LogP contribution in [0.1, 0.15) is 34.3 Å². The van der Waals surface area contributed by atoms with Crippen molar-refractivity contribution in [3.8, 4) is 0 Å². The second-order valence-corrected chi connectivity index (χ2v) is 7.37. The standard InChI is InChI=1S/C17H23BrN2O/c1-12-9-15(18)10-13(2)16(12)17(21)20-7-5-19(6-8-20)11-14-3-4-14/h9-10,14H,3-8,11H2,1-2H3.